The number of methoxy groups -OCH3 is 2. The molecule has 0 saturated heterocycles. The van der Waals surface area contributed by atoms with Gasteiger partial charge in [0.05, 0.1) is 19.7 Å². The van der Waals surface area contributed by atoms with Crippen molar-refractivity contribution >= 4 is 34.2 Å². The highest BCUT2D eigenvalue weighted by Crippen LogP contribution is 2.44. The maximum absolute atomic E-state index is 13.5. The number of anilines is 4. The van der Waals surface area contributed by atoms with Crippen LogP contribution in [0.4, 0.5) is 36.3 Å². The summed E-state index contributed by atoms with van der Waals surface area (Å²) in [6.07, 6.45) is -3.15. The minimum atomic E-state index is -4.66. The molecular weight excluding hydrogens is 443 g/mol. The first-order valence-electron chi connectivity index (χ1n) is 9.51. The molecule has 0 atom stereocenters. The van der Waals surface area contributed by atoms with E-state index in [1.807, 2.05) is 0 Å². The summed E-state index contributed by atoms with van der Waals surface area (Å²) in [4.78, 5) is 22.4. The summed E-state index contributed by atoms with van der Waals surface area (Å²) in [5, 5.41) is 5.87. The van der Waals surface area contributed by atoms with Crippen LogP contribution in [0.3, 0.4) is 0 Å². The van der Waals surface area contributed by atoms with Crippen molar-refractivity contribution in [2.24, 2.45) is 0 Å². The minimum absolute atomic E-state index is 0.0567. The van der Waals surface area contributed by atoms with E-state index >= 15 is 0 Å². The van der Waals surface area contributed by atoms with Crippen molar-refractivity contribution in [2.75, 3.05) is 24.9 Å². The topological polar surface area (TPSA) is 114 Å². The Morgan fingerprint density at radius 1 is 1.06 bits per heavy atom. The van der Waals surface area contributed by atoms with Crippen molar-refractivity contribution in [1.82, 2.24) is 15.0 Å². The second-order valence-corrected chi connectivity index (χ2v) is 6.96. The van der Waals surface area contributed by atoms with E-state index in [1.165, 1.54) is 19.4 Å². The Labute approximate surface area is 184 Å². The number of hydrogen-bond donors (Lipinski definition) is 3. The average Bonchev–Trinajstić information content (AvgIpc) is 3.14. The van der Waals surface area contributed by atoms with Gasteiger partial charge in [-0.25, -0.2) is 9.78 Å². The van der Waals surface area contributed by atoms with E-state index in [2.05, 4.69) is 25.6 Å². The molecule has 0 unspecified atom stereocenters. The van der Waals surface area contributed by atoms with Crippen molar-refractivity contribution < 1.29 is 27.1 Å². The van der Waals surface area contributed by atoms with E-state index in [0.717, 1.165) is 13.2 Å². The third-order valence-electron chi connectivity index (χ3n) is 4.69. The molecule has 0 spiro atoms. The van der Waals surface area contributed by atoms with Gasteiger partial charge in [0.2, 0.25) is 5.95 Å². The van der Waals surface area contributed by atoms with Crippen LogP contribution in [-0.4, -0.2) is 29.2 Å². The fourth-order valence-electron chi connectivity index (χ4n) is 3.17. The Balaban J connectivity index is 1.65. The molecule has 0 radical (unpaired) electrons. The molecular formula is C21H18F3N5O4. The SMILES string of the molecule is COc1cc(Nc2ncc(C)c(Nc3ccc4oc(=O)[nH]c4c3)n2)cc(C(F)(F)F)c1OC. The summed E-state index contributed by atoms with van der Waals surface area (Å²) in [6.45, 7) is 1.77. The number of fused-ring (bicyclic) bond motifs is 1. The Morgan fingerprint density at radius 3 is 2.55 bits per heavy atom. The lowest BCUT2D eigenvalue weighted by Crippen LogP contribution is -2.10. The predicted octanol–water partition coefficient (Wildman–Crippen LogP) is 4.74. The molecule has 0 fully saturated rings. The number of rotatable bonds is 6. The predicted molar refractivity (Wildman–Crippen MR) is 115 cm³/mol. The average molecular weight is 461 g/mol. The van der Waals surface area contributed by atoms with Gasteiger partial charge in [0.25, 0.3) is 0 Å². The number of aryl methyl sites for hydroxylation is 1. The van der Waals surface area contributed by atoms with Crippen LogP contribution in [0.15, 0.2) is 45.7 Å². The van der Waals surface area contributed by atoms with Gasteiger partial charge in [-0.05, 0) is 31.2 Å². The maximum atomic E-state index is 13.5. The van der Waals surface area contributed by atoms with Gasteiger partial charge in [-0.1, -0.05) is 0 Å². The highest BCUT2D eigenvalue weighted by atomic mass is 19.4. The van der Waals surface area contributed by atoms with Crippen LogP contribution in [0.2, 0.25) is 0 Å². The van der Waals surface area contributed by atoms with Gasteiger partial charge in [-0.15, -0.1) is 0 Å². The first-order valence-corrected chi connectivity index (χ1v) is 9.51. The van der Waals surface area contributed by atoms with Crippen molar-refractivity contribution in [3.8, 4) is 11.5 Å². The van der Waals surface area contributed by atoms with Crippen LogP contribution in [0.25, 0.3) is 11.1 Å². The largest absolute Gasteiger partial charge is 0.493 e. The molecule has 0 aliphatic heterocycles. The number of nitrogens with zero attached hydrogens (tertiary/aromatic N) is 2. The summed E-state index contributed by atoms with van der Waals surface area (Å²) in [5.41, 5.74) is 1.26. The second kappa shape index (κ2) is 8.37. The Hall–Kier alpha value is -4.22. The summed E-state index contributed by atoms with van der Waals surface area (Å²) in [5.74, 6) is -0.617. The lowest BCUT2D eigenvalue weighted by molar-refractivity contribution is -0.138. The quantitative estimate of drug-likeness (QED) is 0.377. The van der Waals surface area contributed by atoms with Gasteiger partial charge < -0.3 is 24.5 Å². The monoisotopic (exact) mass is 461 g/mol. The molecule has 0 bridgehead atoms. The van der Waals surface area contributed by atoms with E-state index in [0.29, 0.717) is 28.2 Å². The van der Waals surface area contributed by atoms with Gasteiger partial charge in [-0.2, -0.15) is 18.2 Å². The smallest absolute Gasteiger partial charge is 0.420 e. The minimum Gasteiger partial charge on any atom is -0.493 e. The number of benzene rings is 2. The number of ether oxygens (including phenoxy) is 2. The number of nitrogens with one attached hydrogen (secondary N) is 3. The summed E-state index contributed by atoms with van der Waals surface area (Å²) >= 11 is 0. The first-order chi connectivity index (χ1) is 15.7. The molecule has 0 aliphatic rings. The molecule has 0 saturated carbocycles. The van der Waals surface area contributed by atoms with Gasteiger partial charge in [0.1, 0.15) is 11.4 Å². The Kier molecular flexibility index (Phi) is 5.58. The van der Waals surface area contributed by atoms with Gasteiger partial charge in [0.15, 0.2) is 17.1 Å². The number of aromatic amines is 1. The highest BCUT2D eigenvalue weighted by Gasteiger charge is 2.36. The fourth-order valence-corrected chi connectivity index (χ4v) is 3.17. The van der Waals surface area contributed by atoms with Crippen LogP contribution in [0.1, 0.15) is 11.1 Å². The van der Waals surface area contributed by atoms with Crippen LogP contribution >= 0.6 is 0 Å². The zero-order valence-electron chi connectivity index (χ0n) is 17.6. The summed E-state index contributed by atoms with van der Waals surface area (Å²) in [6, 6.07) is 7.22. The molecule has 2 aromatic heterocycles. The lowest BCUT2D eigenvalue weighted by Gasteiger charge is -2.17. The number of oxazole rings is 1. The normalized spacial score (nSPS) is 11.5. The number of hydrogen-bond acceptors (Lipinski definition) is 8. The Bertz CT molecular complexity index is 1380. The molecule has 4 aromatic rings. The van der Waals surface area contributed by atoms with Gasteiger partial charge in [-0.3, -0.25) is 4.98 Å². The number of aromatic nitrogens is 3. The molecule has 0 amide bonds. The van der Waals surface area contributed by atoms with E-state index in [-0.39, 0.29) is 17.4 Å². The summed E-state index contributed by atoms with van der Waals surface area (Å²) < 4.78 is 55.5. The molecule has 33 heavy (non-hydrogen) atoms. The first kappa shape index (κ1) is 22.0. The molecule has 4 rings (SSSR count). The van der Waals surface area contributed by atoms with E-state index in [4.69, 9.17) is 13.9 Å². The highest BCUT2D eigenvalue weighted by molar-refractivity contribution is 5.78. The van der Waals surface area contributed by atoms with E-state index in [1.54, 1.807) is 25.1 Å². The lowest BCUT2D eigenvalue weighted by atomic mass is 10.1. The van der Waals surface area contributed by atoms with Crippen molar-refractivity contribution in [2.45, 2.75) is 13.1 Å². The standard InChI is InChI=1S/C21H18F3N5O4/c1-10-9-25-19(27-12-6-13(21(22,23)24)17(32-3)16(8-12)31-2)29-18(10)26-11-4-5-15-14(7-11)28-20(30)33-15/h4-9H,1-3H3,(H,28,30)(H2,25,26,27,29). The molecule has 9 nitrogen and oxygen atoms in total. The molecule has 0 aliphatic carbocycles. The zero-order chi connectivity index (χ0) is 23.8. The van der Waals surface area contributed by atoms with Crippen LogP contribution in [0.5, 0.6) is 11.5 Å². The van der Waals surface area contributed by atoms with Gasteiger partial charge >= 0.3 is 11.9 Å². The number of alkyl halides is 3. The molecule has 2 heterocycles. The third kappa shape index (κ3) is 4.54. The molecule has 3 N–H and O–H groups in total. The maximum Gasteiger partial charge on any atom is 0.420 e. The zero-order valence-corrected chi connectivity index (χ0v) is 17.6. The van der Waals surface area contributed by atoms with Crippen molar-refractivity contribution in [1.29, 1.82) is 0 Å². The van der Waals surface area contributed by atoms with Gasteiger partial charge in [0, 0.05) is 29.2 Å². The number of H-pyrrole nitrogens is 1. The summed E-state index contributed by atoms with van der Waals surface area (Å²) in [7, 11) is 2.38. The Morgan fingerprint density at radius 2 is 1.85 bits per heavy atom. The fraction of sp³-hybridized carbons (Fsp3) is 0.190. The van der Waals surface area contributed by atoms with Crippen LogP contribution < -0.4 is 25.9 Å². The second-order valence-electron chi connectivity index (χ2n) is 6.96. The van der Waals surface area contributed by atoms with Crippen LogP contribution in [-0.2, 0) is 6.18 Å². The third-order valence-corrected chi connectivity index (χ3v) is 4.69. The molecule has 12 heteroatoms. The van der Waals surface area contributed by atoms with E-state index < -0.39 is 23.2 Å². The molecule has 172 valence electrons. The van der Waals surface area contributed by atoms with Crippen LogP contribution in [0, 0.1) is 6.92 Å². The number of halogens is 3. The van der Waals surface area contributed by atoms with Crippen molar-refractivity contribution in [3.63, 3.8) is 0 Å². The van der Waals surface area contributed by atoms with Crippen molar-refractivity contribution in [3.05, 3.63) is 58.2 Å². The van der Waals surface area contributed by atoms with E-state index in [9.17, 15) is 18.0 Å². The molecule has 2 aromatic carbocycles.